The van der Waals surface area contributed by atoms with Crippen molar-refractivity contribution in [3.8, 4) is 11.5 Å². The highest BCUT2D eigenvalue weighted by atomic mass is 16.5. The molecule has 2 aromatic carbocycles. The number of phenolic OH excluding ortho intramolecular Hbond substituents is 1. The molecule has 0 bridgehead atoms. The van der Waals surface area contributed by atoms with Crippen LogP contribution in [0.4, 0.5) is 0 Å². The van der Waals surface area contributed by atoms with E-state index in [-0.39, 0.29) is 11.7 Å². The number of nitrogens with zero attached hydrogens (tertiary/aromatic N) is 2. The molecule has 1 aromatic heterocycles. The first-order valence-corrected chi connectivity index (χ1v) is 8.19. The number of aryl methyl sites for hydroxylation is 1. The Morgan fingerprint density at radius 3 is 2.75 bits per heavy atom. The van der Waals surface area contributed by atoms with Crippen LogP contribution in [-0.2, 0) is 13.0 Å². The van der Waals surface area contributed by atoms with Crippen molar-refractivity contribution in [1.82, 2.24) is 9.55 Å². The van der Waals surface area contributed by atoms with Crippen LogP contribution in [0, 0.1) is 0 Å². The molecule has 0 aliphatic heterocycles. The van der Waals surface area contributed by atoms with Crippen LogP contribution >= 0.6 is 0 Å². The maximum atomic E-state index is 9.75. The molecule has 3 aromatic rings. The lowest BCUT2D eigenvalue weighted by atomic mass is 9.98. The highest BCUT2D eigenvalue weighted by Gasteiger charge is 2.19. The Labute approximate surface area is 141 Å². The minimum absolute atomic E-state index is 0.103. The lowest BCUT2D eigenvalue weighted by Gasteiger charge is -2.17. The van der Waals surface area contributed by atoms with E-state index in [1.165, 1.54) is 0 Å². The summed E-state index contributed by atoms with van der Waals surface area (Å²) in [5.41, 5.74) is 9.26. The molecular weight excluding hydrogens is 302 g/mol. The van der Waals surface area contributed by atoms with Crippen LogP contribution in [0.2, 0.25) is 0 Å². The molecule has 0 spiro atoms. The van der Waals surface area contributed by atoms with E-state index in [1.807, 2.05) is 30.3 Å². The van der Waals surface area contributed by atoms with Crippen molar-refractivity contribution in [3.63, 3.8) is 0 Å². The van der Waals surface area contributed by atoms with Gasteiger partial charge in [0, 0.05) is 19.0 Å². The van der Waals surface area contributed by atoms with Crippen molar-refractivity contribution >= 4 is 11.0 Å². The lowest BCUT2D eigenvalue weighted by molar-refractivity contribution is 0.372. The second-order valence-electron chi connectivity index (χ2n) is 5.85. The summed E-state index contributed by atoms with van der Waals surface area (Å²) in [7, 11) is 1.55. The normalized spacial score (nSPS) is 12.5. The minimum Gasteiger partial charge on any atom is -0.504 e. The van der Waals surface area contributed by atoms with Gasteiger partial charge in [0.1, 0.15) is 5.82 Å². The fourth-order valence-electron chi connectivity index (χ4n) is 3.15. The van der Waals surface area contributed by atoms with E-state index in [1.54, 1.807) is 13.2 Å². The predicted molar refractivity (Wildman–Crippen MR) is 95.6 cm³/mol. The van der Waals surface area contributed by atoms with E-state index >= 15 is 0 Å². The first kappa shape index (κ1) is 16.3. The number of aromatic nitrogens is 2. The maximum Gasteiger partial charge on any atom is 0.160 e. The van der Waals surface area contributed by atoms with Gasteiger partial charge < -0.3 is 20.1 Å². The van der Waals surface area contributed by atoms with Crippen LogP contribution in [0.15, 0.2) is 42.5 Å². The van der Waals surface area contributed by atoms with E-state index in [2.05, 4.69) is 17.6 Å². The monoisotopic (exact) mass is 325 g/mol. The average molecular weight is 325 g/mol. The topological polar surface area (TPSA) is 73.3 Å². The Balaban J connectivity index is 1.97. The third-order valence-corrected chi connectivity index (χ3v) is 4.38. The summed E-state index contributed by atoms with van der Waals surface area (Å²) in [5, 5.41) is 9.75. The highest BCUT2D eigenvalue weighted by Crippen LogP contribution is 2.30. The molecule has 3 rings (SSSR count). The quantitative estimate of drug-likeness (QED) is 0.730. The summed E-state index contributed by atoms with van der Waals surface area (Å²) in [6, 6.07) is 13.6. The van der Waals surface area contributed by atoms with Crippen LogP contribution in [0.3, 0.4) is 0 Å². The zero-order valence-corrected chi connectivity index (χ0v) is 14.1. The van der Waals surface area contributed by atoms with Gasteiger partial charge in [0.25, 0.3) is 0 Å². The summed E-state index contributed by atoms with van der Waals surface area (Å²) < 4.78 is 7.42. The number of benzene rings is 2. The smallest absolute Gasteiger partial charge is 0.160 e. The van der Waals surface area contributed by atoms with Crippen LogP contribution in [0.1, 0.15) is 24.2 Å². The zero-order valence-electron chi connectivity index (χ0n) is 14.1. The minimum atomic E-state index is 0.103. The van der Waals surface area contributed by atoms with E-state index in [9.17, 15) is 5.11 Å². The van der Waals surface area contributed by atoms with Crippen LogP contribution in [0.5, 0.6) is 11.5 Å². The van der Waals surface area contributed by atoms with Crippen LogP contribution < -0.4 is 10.5 Å². The molecule has 0 aliphatic carbocycles. The Kier molecular flexibility index (Phi) is 4.71. The first-order valence-electron chi connectivity index (χ1n) is 8.19. The number of nitrogens with two attached hydrogens (primary N) is 1. The Bertz CT molecular complexity index is 842. The van der Waals surface area contributed by atoms with Crippen molar-refractivity contribution in [3.05, 3.63) is 53.9 Å². The zero-order chi connectivity index (χ0) is 17.1. The van der Waals surface area contributed by atoms with Crippen molar-refractivity contribution in [2.24, 2.45) is 5.73 Å². The Morgan fingerprint density at radius 2 is 2.04 bits per heavy atom. The summed E-state index contributed by atoms with van der Waals surface area (Å²) in [6.45, 7) is 3.48. The first-order chi connectivity index (χ1) is 11.7. The van der Waals surface area contributed by atoms with E-state index < -0.39 is 0 Å². The van der Waals surface area contributed by atoms with Gasteiger partial charge in [0.05, 0.1) is 18.1 Å². The fourth-order valence-corrected chi connectivity index (χ4v) is 3.15. The molecular formula is C19H23N3O2. The van der Waals surface area contributed by atoms with Crippen molar-refractivity contribution < 1.29 is 9.84 Å². The van der Waals surface area contributed by atoms with Crippen molar-refractivity contribution in [1.29, 1.82) is 0 Å². The fraction of sp³-hybridized carbons (Fsp3) is 0.316. The Morgan fingerprint density at radius 1 is 1.25 bits per heavy atom. The number of ether oxygens (including phenoxy) is 1. The second-order valence-corrected chi connectivity index (χ2v) is 5.85. The molecule has 0 aliphatic rings. The molecule has 0 amide bonds. The number of aromatic hydroxyl groups is 1. The highest BCUT2D eigenvalue weighted by molar-refractivity contribution is 5.76. The largest absolute Gasteiger partial charge is 0.504 e. The second kappa shape index (κ2) is 6.93. The van der Waals surface area contributed by atoms with Gasteiger partial charge in [-0.25, -0.2) is 4.98 Å². The number of hydrogen-bond acceptors (Lipinski definition) is 4. The molecule has 1 atom stereocenters. The molecule has 126 valence electrons. The van der Waals surface area contributed by atoms with Crippen molar-refractivity contribution in [2.75, 3.05) is 13.7 Å². The predicted octanol–water partition coefficient (Wildman–Crippen LogP) is 3.06. The third-order valence-electron chi connectivity index (χ3n) is 4.38. The number of imidazole rings is 1. The molecule has 24 heavy (non-hydrogen) atoms. The van der Waals surface area contributed by atoms with Gasteiger partial charge in [0.2, 0.25) is 0 Å². The van der Waals surface area contributed by atoms with Gasteiger partial charge in [-0.1, -0.05) is 18.2 Å². The molecule has 1 unspecified atom stereocenters. The number of hydrogen-bond donors (Lipinski definition) is 2. The van der Waals surface area contributed by atoms with E-state index in [0.29, 0.717) is 12.3 Å². The van der Waals surface area contributed by atoms with E-state index in [4.69, 9.17) is 15.5 Å². The molecule has 1 heterocycles. The summed E-state index contributed by atoms with van der Waals surface area (Å²) in [4.78, 5) is 4.81. The van der Waals surface area contributed by atoms with Gasteiger partial charge in [-0.2, -0.15) is 0 Å². The van der Waals surface area contributed by atoms with Crippen LogP contribution in [-0.4, -0.2) is 28.3 Å². The summed E-state index contributed by atoms with van der Waals surface area (Å²) >= 11 is 0. The number of phenols is 1. The number of fused-ring (bicyclic) bond motifs is 1. The number of methoxy groups -OCH3 is 1. The maximum absolute atomic E-state index is 9.75. The molecule has 5 nitrogen and oxygen atoms in total. The van der Waals surface area contributed by atoms with Gasteiger partial charge in [-0.15, -0.1) is 0 Å². The molecule has 5 heteroatoms. The SMILES string of the molecule is CCn1c(C(CN)Cc2ccc(O)c(OC)c2)nc2ccccc21. The van der Waals surface area contributed by atoms with Crippen LogP contribution in [0.25, 0.3) is 11.0 Å². The molecule has 3 N–H and O–H groups in total. The van der Waals surface area contributed by atoms with Gasteiger partial charge in [-0.3, -0.25) is 0 Å². The molecule has 0 saturated heterocycles. The Hall–Kier alpha value is -2.53. The summed E-state index contributed by atoms with van der Waals surface area (Å²) in [5.74, 6) is 1.73. The van der Waals surface area contributed by atoms with Gasteiger partial charge in [-0.05, 0) is 43.2 Å². The van der Waals surface area contributed by atoms with Crippen molar-refractivity contribution in [2.45, 2.75) is 25.8 Å². The van der Waals surface area contributed by atoms with Gasteiger partial charge >= 0.3 is 0 Å². The molecule has 0 radical (unpaired) electrons. The lowest BCUT2D eigenvalue weighted by Crippen LogP contribution is -2.19. The standard InChI is InChI=1S/C19H23N3O2/c1-3-22-16-7-5-4-6-15(16)21-19(22)14(12-20)10-13-8-9-17(23)18(11-13)24-2/h4-9,11,14,23H,3,10,12,20H2,1-2H3. The van der Waals surface area contributed by atoms with Gasteiger partial charge in [0.15, 0.2) is 11.5 Å². The number of para-hydroxylation sites is 2. The average Bonchev–Trinajstić information content (AvgIpc) is 2.99. The number of rotatable bonds is 6. The molecule has 0 fully saturated rings. The third kappa shape index (κ3) is 2.95. The molecule has 0 saturated carbocycles. The van der Waals surface area contributed by atoms with E-state index in [0.717, 1.165) is 35.4 Å². The summed E-state index contributed by atoms with van der Waals surface area (Å²) in [6.07, 6.45) is 0.746.